The fourth-order valence-electron chi connectivity index (χ4n) is 3.42. The Kier molecular flexibility index (Phi) is 4.84. The molecule has 3 rings (SSSR count). The van der Waals surface area contributed by atoms with E-state index in [2.05, 4.69) is 31.3 Å². The predicted molar refractivity (Wildman–Crippen MR) is 88.0 cm³/mol. The van der Waals surface area contributed by atoms with Crippen molar-refractivity contribution in [2.75, 3.05) is 19.7 Å². The van der Waals surface area contributed by atoms with Gasteiger partial charge in [-0.15, -0.1) is 0 Å². The zero-order valence-corrected chi connectivity index (χ0v) is 13.6. The molecule has 1 atom stereocenters. The van der Waals surface area contributed by atoms with Gasteiger partial charge in [-0.05, 0) is 93.6 Å². The van der Waals surface area contributed by atoms with E-state index in [1.165, 1.54) is 55.3 Å². The molecular formula is C19H29NO. The highest BCUT2D eigenvalue weighted by atomic mass is 16.5. The van der Waals surface area contributed by atoms with Gasteiger partial charge in [0.25, 0.3) is 0 Å². The van der Waals surface area contributed by atoms with Gasteiger partial charge in [-0.3, -0.25) is 0 Å². The molecule has 0 radical (unpaired) electrons. The Hall–Kier alpha value is -1.02. The van der Waals surface area contributed by atoms with Crippen LogP contribution in [0.5, 0.6) is 5.75 Å². The maximum absolute atomic E-state index is 6.20. The highest BCUT2D eigenvalue weighted by Gasteiger charge is 2.20. The second-order valence-electron chi connectivity index (χ2n) is 7.07. The Morgan fingerprint density at radius 2 is 1.81 bits per heavy atom. The molecule has 1 heterocycles. The third-order valence-corrected chi connectivity index (χ3v) is 5.28. The number of aryl methyl sites for hydroxylation is 2. The minimum atomic E-state index is 0.770. The molecule has 21 heavy (non-hydrogen) atoms. The summed E-state index contributed by atoms with van der Waals surface area (Å²) in [5, 5.41) is 3.53. The van der Waals surface area contributed by atoms with Gasteiger partial charge in [-0.25, -0.2) is 0 Å². The van der Waals surface area contributed by atoms with Crippen LogP contribution in [0.25, 0.3) is 0 Å². The van der Waals surface area contributed by atoms with Crippen molar-refractivity contribution in [2.24, 2.45) is 11.8 Å². The normalized spacial score (nSPS) is 22.9. The summed E-state index contributed by atoms with van der Waals surface area (Å²) < 4.78 is 6.20. The Balaban J connectivity index is 1.70. The monoisotopic (exact) mass is 287 g/mol. The van der Waals surface area contributed by atoms with E-state index in [9.17, 15) is 0 Å². The first-order chi connectivity index (χ1) is 10.2. The van der Waals surface area contributed by atoms with E-state index in [4.69, 9.17) is 4.74 Å². The third kappa shape index (κ3) is 3.79. The van der Waals surface area contributed by atoms with Crippen LogP contribution in [0, 0.1) is 25.7 Å². The van der Waals surface area contributed by atoms with Gasteiger partial charge in [0.2, 0.25) is 0 Å². The lowest BCUT2D eigenvalue weighted by Crippen LogP contribution is -2.31. The number of rotatable bonds is 5. The molecule has 2 aliphatic rings. The summed E-state index contributed by atoms with van der Waals surface area (Å²) in [7, 11) is 0. The smallest absolute Gasteiger partial charge is 0.122 e. The fourth-order valence-corrected chi connectivity index (χ4v) is 3.42. The van der Waals surface area contributed by atoms with Crippen LogP contribution in [0.2, 0.25) is 0 Å². The number of benzene rings is 1. The van der Waals surface area contributed by atoms with Crippen LogP contribution >= 0.6 is 0 Å². The average molecular weight is 287 g/mol. The zero-order chi connectivity index (χ0) is 14.7. The van der Waals surface area contributed by atoms with E-state index in [0.717, 1.165) is 37.2 Å². The quantitative estimate of drug-likeness (QED) is 0.883. The van der Waals surface area contributed by atoms with Crippen molar-refractivity contribution in [1.29, 1.82) is 0 Å². The lowest BCUT2D eigenvalue weighted by molar-refractivity contribution is 0.179. The topological polar surface area (TPSA) is 21.3 Å². The molecule has 1 aliphatic heterocycles. The summed E-state index contributed by atoms with van der Waals surface area (Å²) in [6.45, 7) is 7.67. The molecule has 2 fully saturated rings. The van der Waals surface area contributed by atoms with Gasteiger partial charge in [0.15, 0.2) is 0 Å². The number of ether oxygens (including phenoxy) is 1. The van der Waals surface area contributed by atoms with Crippen molar-refractivity contribution in [3.8, 4) is 5.75 Å². The Morgan fingerprint density at radius 3 is 2.48 bits per heavy atom. The fraction of sp³-hybridized carbons (Fsp3) is 0.684. The van der Waals surface area contributed by atoms with E-state index in [1.807, 2.05) is 0 Å². The Bertz CT molecular complexity index is 473. The summed E-state index contributed by atoms with van der Waals surface area (Å²) in [4.78, 5) is 0. The largest absolute Gasteiger partial charge is 0.493 e. The molecule has 0 bridgehead atoms. The molecule has 1 unspecified atom stereocenters. The number of piperidine rings is 1. The summed E-state index contributed by atoms with van der Waals surface area (Å²) >= 11 is 0. The molecular weight excluding hydrogens is 258 g/mol. The number of hydrogen-bond acceptors (Lipinski definition) is 2. The lowest BCUT2D eigenvalue weighted by atomic mass is 9.86. The van der Waals surface area contributed by atoms with Crippen LogP contribution in [0.15, 0.2) is 12.1 Å². The molecule has 1 aromatic carbocycles. The second kappa shape index (κ2) is 6.83. The van der Waals surface area contributed by atoms with E-state index in [1.54, 1.807) is 0 Å². The molecule has 0 spiro atoms. The lowest BCUT2D eigenvalue weighted by Gasteiger charge is -2.27. The van der Waals surface area contributed by atoms with Crippen LogP contribution in [0.1, 0.15) is 48.8 Å². The molecule has 116 valence electrons. The predicted octanol–water partition coefficient (Wildman–Crippen LogP) is 4.02. The van der Waals surface area contributed by atoms with Gasteiger partial charge in [-0.1, -0.05) is 12.5 Å². The highest BCUT2D eigenvalue weighted by Crippen LogP contribution is 2.31. The summed E-state index contributed by atoms with van der Waals surface area (Å²) in [5.41, 5.74) is 4.17. The van der Waals surface area contributed by atoms with Gasteiger partial charge < -0.3 is 10.1 Å². The SMILES string of the molecule is Cc1cc(CC2CCCNC2)c(OCC2CCC2)cc1C. The van der Waals surface area contributed by atoms with Crippen LogP contribution in [-0.2, 0) is 6.42 Å². The number of hydrogen-bond donors (Lipinski definition) is 1. The molecule has 1 aromatic rings. The first-order valence-corrected chi connectivity index (χ1v) is 8.66. The van der Waals surface area contributed by atoms with Crippen molar-refractivity contribution in [3.05, 3.63) is 28.8 Å². The number of nitrogens with one attached hydrogen (secondary N) is 1. The molecule has 1 saturated carbocycles. The van der Waals surface area contributed by atoms with Crippen LogP contribution in [-0.4, -0.2) is 19.7 Å². The standard InChI is InChI=1S/C19H29NO/c1-14-9-18(11-17-7-4-8-20-12-17)19(10-15(14)2)21-13-16-5-3-6-16/h9-10,16-17,20H,3-8,11-13H2,1-2H3. The van der Waals surface area contributed by atoms with Crippen molar-refractivity contribution < 1.29 is 4.74 Å². The van der Waals surface area contributed by atoms with Crippen LogP contribution in [0.4, 0.5) is 0 Å². The molecule has 0 aromatic heterocycles. The van der Waals surface area contributed by atoms with Gasteiger partial charge in [0, 0.05) is 0 Å². The van der Waals surface area contributed by atoms with Crippen LogP contribution in [0.3, 0.4) is 0 Å². The van der Waals surface area contributed by atoms with Crippen molar-refractivity contribution in [3.63, 3.8) is 0 Å². The van der Waals surface area contributed by atoms with Crippen molar-refractivity contribution >= 4 is 0 Å². The Morgan fingerprint density at radius 1 is 1.05 bits per heavy atom. The molecule has 1 N–H and O–H groups in total. The first-order valence-electron chi connectivity index (χ1n) is 8.66. The van der Waals surface area contributed by atoms with E-state index in [0.29, 0.717) is 0 Å². The summed E-state index contributed by atoms with van der Waals surface area (Å²) in [6.07, 6.45) is 7.92. The van der Waals surface area contributed by atoms with Crippen LogP contribution < -0.4 is 10.1 Å². The van der Waals surface area contributed by atoms with Gasteiger partial charge in [0.1, 0.15) is 5.75 Å². The summed E-state index contributed by atoms with van der Waals surface area (Å²) in [5.74, 6) is 2.72. The highest BCUT2D eigenvalue weighted by molar-refractivity contribution is 5.42. The van der Waals surface area contributed by atoms with Gasteiger partial charge in [-0.2, -0.15) is 0 Å². The van der Waals surface area contributed by atoms with E-state index < -0.39 is 0 Å². The average Bonchev–Trinajstić information content (AvgIpc) is 2.43. The third-order valence-electron chi connectivity index (χ3n) is 5.28. The van der Waals surface area contributed by atoms with E-state index >= 15 is 0 Å². The van der Waals surface area contributed by atoms with Gasteiger partial charge >= 0.3 is 0 Å². The zero-order valence-electron chi connectivity index (χ0n) is 13.6. The van der Waals surface area contributed by atoms with Gasteiger partial charge in [0.05, 0.1) is 6.61 Å². The summed E-state index contributed by atoms with van der Waals surface area (Å²) in [6, 6.07) is 4.62. The maximum Gasteiger partial charge on any atom is 0.122 e. The Labute approximate surface area is 129 Å². The molecule has 2 nitrogen and oxygen atoms in total. The van der Waals surface area contributed by atoms with Crippen molar-refractivity contribution in [1.82, 2.24) is 5.32 Å². The molecule has 0 amide bonds. The van der Waals surface area contributed by atoms with E-state index in [-0.39, 0.29) is 0 Å². The molecule has 1 saturated heterocycles. The molecule has 2 heteroatoms. The minimum Gasteiger partial charge on any atom is -0.493 e. The molecule has 1 aliphatic carbocycles. The minimum absolute atomic E-state index is 0.770. The first kappa shape index (κ1) is 14.9. The van der Waals surface area contributed by atoms with Crippen molar-refractivity contribution in [2.45, 2.75) is 52.4 Å². The maximum atomic E-state index is 6.20. The second-order valence-corrected chi connectivity index (χ2v) is 7.07.